The zero-order valence-corrected chi connectivity index (χ0v) is 11.7. The molecule has 0 radical (unpaired) electrons. The van der Waals surface area contributed by atoms with Gasteiger partial charge in [0, 0.05) is 26.2 Å². The van der Waals surface area contributed by atoms with E-state index in [0.717, 1.165) is 5.69 Å². The summed E-state index contributed by atoms with van der Waals surface area (Å²) in [6, 6.07) is 6.22. The third-order valence-electron chi connectivity index (χ3n) is 3.55. The average molecular weight is 292 g/mol. The molecule has 0 aromatic heterocycles. The molecule has 1 heterocycles. The smallest absolute Gasteiger partial charge is 0.240 e. The number of benzene rings is 1. The summed E-state index contributed by atoms with van der Waals surface area (Å²) in [4.78, 5) is 26.5. The summed E-state index contributed by atoms with van der Waals surface area (Å²) in [7, 11) is 0. The van der Waals surface area contributed by atoms with E-state index in [1.165, 1.54) is 0 Å². The fourth-order valence-corrected chi connectivity index (χ4v) is 2.44. The monoisotopic (exact) mass is 292 g/mol. The number of anilines is 1. The van der Waals surface area contributed by atoms with E-state index < -0.39 is 11.9 Å². The molecule has 0 spiro atoms. The van der Waals surface area contributed by atoms with Crippen molar-refractivity contribution in [3.8, 4) is 5.75 Å². The summed E-state index contributed by atoms with van der Waals surface area (Å²) < 4.78 is 0. The lowest BCUT2D eigenvalue weighted by Crippen LogP contribution is -2.53. The van der Waals surface area contributed by atoms with Crippen LogP contribution >= 0.6 is 0 Å². The highest BCUT2D eigenvalue weighted by Crippen LogP contribution is 2.27. The lowest BCUT2D eigenvalue weighted by atomic mass is 10.1. The maximum Gasteiger partial charge on any atom is 0.240 e. The number of amides is 2. The lowest BCUT2D eigenvalue weighted by molar-refractivity contribution is -0.134. The van der Waals surface area contributed by atoms with E-state index in [-0.39, 0.29) is 18.1 Å². The molecule has 0 bridgehead atoms. The number of aromatic hydroxyl groups is 1. The number of hydrogen-bond donors (Lipinski definition) is 3. The lowest BCUT2D eigenvalue weighted by Gasteiger charge is -2.37. The fourth-order valence-electron chi connectivity index (χ4n) is 2.44. The van der Waals surface area contributed by atoms with E-state index in [0.29, 0.717) is 26.2 Å². The van der Waals surface area contributed by atoms with Crippen LogP contribution in [0.1, 0.15) is 6.42 Å². The van der Waals surface area contributed by atoms with Crippen molar-refractivity contribution in [2.75, 3.05) is 31.1 Å². The molecule has 1 aliphatic rings. The van der Waals surface area contributed by atoms with Crippen LogP contribution in [0.4, 0.5) is 5.69 Å². The predicted octanol–water partition coefficient (Wildman–Crippen LogP) is -0.757. The van der Waals surface area contributed by atoms with E-state index in [2.05, 4.69) is 0 Å². The Hall–Kier alpha value is -2.28. The van der Waals surface area contributed by atoms with Crippen LogP contribution in [0.2, 0.25) is 0 Å². The number of phenolic OH excluding ortho intramolecular Hbond substituents is 1. The van der Waals surface area contributed by atoms with Gasteiger partial charge in [-0.1, -0.05) is 12.1 Å². The zero-order chi connectivity index (χ0) is 15.4. The molecule has 7 nitrogen and oxygen atoms in total. The molecular weight excluding hydrogens is 272 g/mol. The number of carbonyl (C=O) groups is 2. The van der Waals surface area contributed by atoms with Gasteiger partial charge in [-0.3, -0.25) is 9.59 Å². The van der Waals surface area contributed by atoms with Crippen LogP contribution in [0.25, 0.3) is 0 Å². The van der Waals surface area contributed by atoms with Crippen LogP contribution in [0, 0.1) is 0 Å². The highest BCUT2D eigenvalue weighted by molar-refractivity contribution is 5.87. The number of para-hydroxylation sites is 2. The van der Waals surface area contributed by atoms with Crippen molar-refractivity contribution in [3.05, 3.63) is 24.3 Å². The SMILES string of the molecule is NC(=O)CC(N)C(=O)N1CCN(c2ccccc2O)CC1. The Labute approximate surface area is 123 Å². The molecule has 2 rings (SSSR count). The first-order valence-electron chi connectivity index (χ1n) is 6.84. The number of carbonyl (C=O) groups excluding carboxylic acids is 2. The Morgan fingerprint density at radius 1 is 1.19 bits per heavy atom. The molecule has 1 aromatic rings. The highest BCUT2D eigenvalue weighted by Gasteiger charge is 2.26. The second-order valence-electron chi connectivity index (χ2n) is 5.08. The van der Waals surface area contributed by atoms with Crippen LogP contribution in [-0.2, 0) is 9.59 Å². The minimum absolute atomic E-state index is 0.140. The van der Waals surface area contributed by atoms with Crippen LogP contribution in [0.15, 0.2) is 24.3 Å². The third kappa shape index (κ3) is 3.63. The summed E-state index contributed by atoms with van der Waals surface area (Å²) in [5, 5.41) is 9.83. The van der Waals surface area contributed by atoms with Crippen molar-refractivity contribution in [2.45, 2.75) is 12.5 Å². The van der Waals surface area contributed by atoms with Gasteiger partial charge in [0.1, 0.15) is 5.75 Å². The number of nitrogens with two attached hydrogens (primary N) is 2. The van der Waals surface area contributed by atoms with E-state index in [1.807, 2.05) is 17.0 Å². The summed E-state index contributed by atoms with van der Waals surface area (Å²) in [6.07, 6.45) is -0.140. The maximum atomic E-state index is 12.1. The van der Waals surface area contributed by atoms with Gasteiger partial charge < -0.3 is 26.4 Å². The number of phenols is 1. The Morgan fingerprint density at radius 2 is 1.81 bits per heavy atom. The Balaban J connectivity index is 1.93. The number of nitrogens with zero attached hydrogens (tertiary/aromatic N) is 2. The third-order valence-corrected chi connectivity index (χ3v) is 3.55. The first-order chi connectivity index (χ1) is 9.99. The number of hydrogen-bond acceptors (Lipinski definition) is 5. The van der Waals surface area contributed by atoms with Crippen molar-refractivity contribution in [2.24, 2.45) is 11.5 Å². The molecule has 1 aromatic carbocycles. The zero-order valence-electron chi connectivity index (χ0n) is 11.7. The van der Waals surface area contributed by atoms with Gasteiger partial charge in [-0.05, 0) is 12.1 Å². The van der Waals surface area contributed by atoms with Crippen LogP contribution < -0.4 is 16.4 Å². The summed E-state index contributed by atoms with van der Waals surface area (Å²) >= 11 is 0. The Bertz CT molecular complexity index is 527. The standard InChI is InChI=1S/C14H20N4O3/c15-10(9-13(16)20)14(21)18-7-5-17(6-8-18)11-3-1-2-4-12(11)19/h1-4,10,19H,5-9,15H2,(H2,16,20). The van der Waals surface area contributed by atoms with E-state index in [4.69, 9.17) is 11.5 Å². The topological polar surface area (TPSA) is 113 Å². The number of rotatable bonds is 4. The molecule has 114 valence electrons. The molecule has 0 saturated carbocycles. The van der Waals surface area contributed by atoms with E-state index in [9.17, 15) is 14.7 Å². The van der Waals surface area contributed by atoms with Crippen molar-refractivity contribution >= 4 is 17.5 Å². The van der Waals surface area contributed by atoms with Crippen LogP contribution in [-0.4, -0.2) is 54.0 Å². The van der Waals surface area contributed by atoms with E-state index >= 15 is 0 Å². The van der Waals surface area contributed by atoms with Crippen LogP contribution in [0.3, 0.4) is 0 Å². The van der Waals surface area contributed by atoms with Gasteiger partial charge in [0.25, 0.3) is 0 Å². The highest BCUT2D eigenvalue weighted by atomic mass is 16.3. The van der Waals surface area contributed by atoms with Crippen molar-refractivity contribution in [1.29, 1.82) is 0 Å². The fraction of sp³-hybridized carbons (Fsp3) is 0.429. The Kier molecular flexibility index (Phi) is 4.64. The largest absolute Gasteiger partial charge is 0.506 e. The van der Waals surface area contributed by atoms with Crippen LogP contribution in [0.5, 0.6) is 5.75 Å². The molecule has 1 unspecified atom stereocenters. The number of piperazine rings is 1. The quantitative estimate of drug-likeness (QED) is 0.675. The van der Waals surface area contributed by atoms with E-state index in [1.54, 1.807) is 17.0 Å². The van der Waals surface area contributed by atoms with Gasteiger partial charge in [-0.2, -0.15) is 0 Å². The maximum absolute atomic E-state index is 12.1. The van der Waals surface area contributed by atoms with Gasteiger partial charge in [0.05, 0.1) is 18.2 Å². The minimum atomic E-state index is -0.876. The molecule has 2 amide bonds. The first kappa shape index (κ1) is 15.1. The summed E-state index contributed by atoms with van der Waals surface area (Å²) in [6.45, 7) is 2.21. The Morgan fingerprint density at radius 3 is 2.38 bits per heavy atom. The predicted molar refractivity (Wildman–Crippen MR) is 78.7 cm³/mol. The second-order valence-corrected chi connectivity index (χ2v) is 5.08. The molecule has 5 N–H and O–H groups in total. The van der Waals surface area contributed by atoms with Gasteiger partial charge in [0.15, 0.2) is 0 Å². The molecule has 1 saturated heterocycles. The van der Waals surface area contributed by atoms with Crippen molar-refractivity contribution < 1.29 is 14.7 Å². The molecule has 0 aliphatic carbocycles. The normalized spacial score (nSPS) is 16.6. The van der Waals surface area contributed by atoms with Crippen molar-refractivity contribution in [1.82, 2.24) is 4.90 Å². The molecule has 1 fully saturated rings. The van der Waals surface area contributed by atoms with Gasteiger partial charge in [-0.25, -0.2) is 0 Å². The second kappa shape index (κ2) is 6.45. The van der Waals surface area contributed by atoms with Gasteiger partial charge in [0.2, 0.25) is 11.8 Å². The first-order valence-corrected chi connectivity index (χ1v) is 6.84. The van der Waals surface area contributed by atoms with Gasteiger partial charge in [-0.15, -0.1) is 0 Å². The average Bonchev–Trinajstić information content (AvgIpc) is 2.46. The molecule has 1 aliphatic heterocycles. The molecule has 7 heteroatoms. The summed E-state index contributed by atoms with van der Waals surface area (Å²) in [5.74, 6) is -0.614. The van der Waals surface area contributed by atoms with Gasteiger partial charge >= 0.3 is 0 Å². The van der Waals surface area contributed by atoms with Crippen molar-refractivity contribution in [3.63, 3.8) is 0 Å². The minimum Gasteiger partial charge on any atom is -0.506 e. The molecule has 1 atom stereocenters. The summed E-state index contributed by atoms with van der Waals surface area (Å²) in [5.41, 5.74) is 11.5. The number of primary amides is 1. The molecular formula is C14H20N4O3. The molecule has 21 heavy (non-hydrogen) atoms.